The van der Waals surface area contributed by atoms with Gasteiger partial charge >= 0.3 is 6.36 Å². The minimum Gasteiger partial charge on any atom is -0.457 e. The van der Waals surface area contributed by atoms with Gasteiger partial charge in [0, 0.05) is 0 Å². The van der Waals surface area contributed by atoms with Crippen LogP contribution in [0.5, 0.6) is 17.2 Å². The highest BCUT2D eigenvalue weighted by Crippen LogP contribution is 2.28. The van der Waals surface area contributed by atoms with E-state index in [1.807, 2.05) is 0 Å². The number of alkyl halides is 3. The maximum Gasteiger partial charge on any atom is 0.573 e. The summed E-state index contributed by atoms with van der Waals surface area (Å²) in [4.78, 5) is 12.2. The predicted molar refractivity (Wildman–Crippen MR) is 102 cm³/mol. The van der Waals surface area contributed by atoms with Gasteiger partial charge in [0.25, 0.3) is 0 Å². The summed E-state index contributed by atoms with van der Waals surface area (Å²) in [7, 11) is -3.91. The molecule has 0 radical (unpaired) electrons. The highest BCUT2D eigenvalue weighted by atomic mass is 32.2. The van der Waals surface area contributed by atoms with E-state index >= 15 is 0 Å². The number of benzene rings is 2. The van der Waals surface area contributed by atoms with E-state index < -0.39 is 45.4 Å². The lowest BCUT2D eigenvalue weighted by Crippen LogP contribution is -2.31. The van der Waals surface area contributed by atoms with Crippen LogP contribution in [0.1, 0.15) is 13.8 Å². The summed E-state index contributed by atoms with van der Waals surface area (Å²) in [6.07, 6.45) is -5.74. The molecule has 0 unspecified atom stereocenters. The van der Waals surface area contributed by atoms with Crippen LogP contribution in [-0.4, -0.2) is 44.8 Å². The van der Waals surface area contributed by atoms with Crippen LogP contribution in [0, 0.1) is 0 Å². The van der Waals surface area contributed by atoms with Crippen molar-refractivity contribution in [2.24, 2.45) is 0 Å². The highest BCUT2D eigenvalue weighted by molar-refractivity contribution is 7.92. The molecule has 0 saturated carbocycles. The molecule has 0 bridgehead atoms. The number of rotatable bonds is 7. The first-order valence-electron chi connectivity index (χ1n) is 9.04. The number of carbonyl (C=O) groups is 1. The Kier molecular flexibility index (Phi) is 6.30. The minimum atomic E-state index is -4.79. The van der Waals surface area contributed by atoms with Crippen LogP contribution >= 0.6 is 0 Å². The zero-order valence-electron chi connectivity index (χ0n) is 16.5. The third kappa shape index (κ3) is 6.42. The van der Waals surface area contributed by atoms with Gasteiger partial charge in [0.1, 0.15) is 29.1 Å². The van der Waals surface area contributed by atoms with E-state index in [1.54, 1.807) is 13.8 Å². The van der Waals surface area contributed by atoms with E-state index in [-0.39, 0.29) is 23.0 Å². The van der Waals surface area contributed by atoms with Crippen molar-refractivity contribution >= 4 is 15.6 Å². The Morgan fingerprint density at radius 1 is 1.03 bits per heavy atom. The second kappa shape index (κ2) is 8.48. The third-order valence-electron chi connectivity index (χ3n) is 4.18. The first kappa shape index (κ1) is 23.0. The zero-order valence-corrected chi connectivity index (χ0v) is 17.3. The van der Waals surface area contributed by atoms with Crippen molar-refractivity contribution in [2.45, 2.75) is 37.0 Å². The molecule has 0 aliphatic carbocycles. The maximum atomic E-state index is 12.5. The van der Waals surface area contributed by atoms with Crippen LogP contribution in [0.3, 0.4) is 0 Å². The Morgan fingerprint density at radius 3 is 2.03 bits per heavy atom. The van der Waals surface area contributed by atoms with Crippen molar-refractivity contribution in [2.75, 3.05) is 12.4 Å². The van der Waals surface area contributed by atoms with Crippen LogP contribution in [0.4, 0.5) is 13.2 Å². The molecule has 31 heavy (non-hydrogen) atoms. The molecule has 0 spiro atoms. The smallest absolute Gasteiger partial charge is 0.457 e. The number of halogens is 3. The van der Waals surface area contributed by atoms with E-state index in [2.05, 4.69) is 4.74 Å². The second-order valence-corrected chi connectivity index (χ2v) is 9.12. The van der Waals surface area contributed by atoms with Crippen molar-refractivity contribution in [1.82, 2.24) is 0 Å². The van der Waals surface area contributed by atoms with Crippen molar-refractivity contribution in [3.8, 4) is 17.2 Å². The number of carbonyl (C=O) groups excluding carboxylic acids is 1. The Morgan fingerprint density at radius 2 is 1.55 bits per heavy atom. The van der Waals surface area contributed by atoms with Crippen molar-refractivity contribution in [1.29, 1.82) is 0 Å². The normalized spacial score (nSPS) is 18.5. The molecular weight excluding hydrogens is 441 g/mol. The fourth-order valence-corrected chi connectivity index (χ4v) is 4.05. The van der Waals surface area contributed by atoms with Gasteiger partial charge in [-0.15, -0.1) is 13.2 Å². The molecule has 0 N–H and O–H groups in total. The molecule has 11 heteroatoms. The number of ketones is 1. The lowest BCUT2D eigenvalue weighted by atomic mass is 10.3. The summed E-state index contributed by atoms with van der Waals surface area (Å²) in [6.45, 7) is 3.25. The molecular formula is C20H19F3O7S. The van der Waals surface area contributed by atoms with Crippen LogP contribution < -0.4 is 9.47 Å². The third-order valence-corrected chi connectivity index (χ3v) is 5.83. The average molecular weight is 460 g/mol. The topological polar surface area (TPSA) is 88.1 Å². The molecule has 2 aromatic carbocycles. The lowest BCUT2D eigenvalue weighted by molar-refractivity contribution is -0.274. The van der Waals surface area contributed by atoms with Gasteiger partial charge in [-0.2, -0.15) is 0 Å². The van der Waals surface area contributed by atoms with E-state index in [0.717, 1.165) is 12.1 Å². The maximum absolute atomic E-state index is 12.5. The summed E-state index contributed by atoms with van der Waals surface area (Å²) < 4.78 is 81.5. The van der Waals surface area contributed by atoms with Crippen molar-refractivity contribution in [3.05, 3.63) is 48.5 Å². The number of Topliss-reactive ketones (excluding diaryl/α,β-unsaturated/α-hetero) is 1. The van der Waals surface area contributed by atoms with Crippen LogP contribution in [0.2, 0.25) is 0 Å². The molecule has 1 atom stereocenters. The molecule has 2 aromatic rings. The first-order valence-corrected chi connectivity index (χ1v) is 10.7. The molecule has 168 valence electrons. The van der Waals surface area contributed by atoms with Gasteiger partial charge in [0.2, 0.25) is 0 Å². The highest BCUT2D eigenvalue weighted by Gasteiger charge is 2.38. The average Bonchev–Trinajstić information content (AvgIpc) is 3.02. The van der Waals surface area contributed by atoms with E-state index in [9.17, 15) is 26.4 Å². The standard InChI is InChI=1S/C20H19F3O7S/c1-19(2)27-11-18(30-19)17(24)12-31(25,26)16-9-7-14(8-10-16)28-13-3-5-15(6-4-13)29-20(21,22)23/h3-10,18H,11-12H2,1-2H3/t18-/m1/s1. The van der Waals surface area contributed by atoms with Gasteiger partial charge < -0.3 is 18.9 Å². The molecule has 1 aliphatic heterocycles. The van der Waals surface area contributed by atoms with Gasteiger partial charge in [-0.25, -0.2) is 8.42 Å². The monoisotopic (exact) mass is 460 g/mol. The van der Waals surface area contributed by atoms with Gasteiger partial charge in [-0.1, -0.05) is 0 Å². The molecule has 0 amide bonds. The van der Waals surface area contributed by atoms with Crippen molar-refractivity contribution in [3.63, 3.8) is 0 Å². The molecule has 1 heterocycles. The minimum absolute atomic E-state index is 0.0130. The van der Waals surface area contributed by atoms with Crippen LogP contribution in [-0.2, 0) is 24.1 Å². The molecule has 1 aliphatic rings. The summed E-state index contributed by atoms with van der Waals surface area (Å²) >= 11 is 0. The van der Waals surface area contributed by atoms with Gasteiger partial charge in [-0.05, 0) is 62.4 Å². The molecule has 1 fully saturated rings. The number of hydrogen-bond acceptors (Lipinski definition) is 7. The molecule has 7 nitrogen and oxygen atoms in total. The molecule has 0 aromatic heterocycles. The Hall–Kier alpha value is -2.63. The van der Waals surface area contributed by atoms with E-state index in [0.29, 0.717) is 0 Å². The quantitative estimate of drug-likeness (QED) is 0.620. The Balaban J connectivity index is 1.62. The fourth-order valence-electron chi connectivity index (χ4n) is 2.77. The first-order chi connectivity index (χ1) is 14.3. The zero-order chi connectivity index (χ0) is 22.9. The van der Waals surface area contributed by atoms with Crippen LogP contribution in [0.15, 0.2) is 53.4 Å². The Labute approximate surface area is 176 Å². The SMILES string of the molecule is CC1(C)OC[C@H](C(=O)CS(=O)(=O)c2ccc(Oc3ccc(OC(F)(F)F)cc3)cc2)O1. The van der Waals surface area contributed by atoms with E-state index in [4.69, 9.17) is 14.2 Å². The lowest BCUT2D eigenvalue weighted by Gasteiger charge is -2.16. The van der Waals surface area contributed by atoms with E-state index in [1.165, 1.54) is 36.4 Å². The summed E-state index contributed by atoms with van der Waals surface area (Å²) in [5, 5.41) is 0. The van der Waals surface area contributed by atoms with Crippen molar-refractivity contribution < 1.29 is 45.3 Å². The summed E-state index contributed by atoms with van der Waals surface area (Å²) in [6, 6.07) is 10.0. The van der Waals surface area contributed by atoms with Gasteiger partial charge in [-0.3, -0.25) is 4.79 Å². The Bertz CT molecular complexity index is 1030. The van der Waals surface area contributed by atoms with Gasteiger partial charge in [0.05, 0.1) is 11.5 Å². The van der Waals surface area contributed by atoms with Crippen LogP contribution in [0.25, 0.3) is 0 Å². The fraction of sp³-hybridized carbons (Fsp3) is 0.350. The summed E-state index contributed by atoms with van der Waals surface area (Å²) in [5.74, 6) is -2.21. The van der Waals surface area contributed by atoms with Gasteiger partial charge in [0.15, 0.2) is 21.4 Å². The molecule has 3 rings (SSSR count). The predicted octanol–water partition coefficient (Wildman–Crippen LogP) is 3.87. The number of hydrogen-bond donors (Lipinski definition) is 0. The molecule has 1 saturated heterocycles. The summed E-state index contributed by atoms with van der Waals surface area (Å²) in [5.41, 5.74) is 0. The number of ether oxygens (including phenoxy) is 4. The number of sulfone groups is 1. The largest absolute Gasteiger partial charge is 0.573 e. The second-order valence-electron chi connectivity index (χ2n) is 7.14.